The average Bonchev–Trinajstić information content (AvgIpc) is 3.44. The van der Waals surface area contributed by atoms with Crippen LogP contribution in [-0.4, -0.2) is 64.7 Å². The molecule has 1 aliphatic heterocycles. The van der Waals surface area contributed by atoms with E-state index in [0.29, 0.717) is 31.4 Å². The first-order chi connectivity index (χ1) is 16.5. The molecule has 3 aromatic rings. The highest BCUT2D eigenvalue weighted by molar-refractivity contribution is 5.83. The first-order valence-electron chi connectivity index (χ1n) is 11.8. The molecule has 4 rings (SSSR count). The predicted octanol–water partition coefficient (Wildman–Crippen LogP) is 2.18. The molecule has 1 amide bonds. The largest absolute Gasteiger partial charge is 0.383 e. The van der Waals surface area contributed by atoms with Gasteiger partial charge in [-0.3, -0.25) is 19.1 Å². The summed E-state index contributed by atoms with van der Waals surface area (Å²) in [6.07, 6.45) is 5.82. The van der Waals surface area contributed by atoms with Crippen molar-refractivity contribution in [3.63, 3.8) is 0 Å². The van der Waals surface area contributed by atoms with Crippen molar-refractivity contribution in [3.05, 3.63) is 57.8 Å². The number of aromatic nitrogens is 3. The van der Waals surface area contributed by atoms with E-state index in [1.807, 2.05) is 18.3 Å². The van der Waals surface area contributed by atoms with E-state index in [4.69, 9.17) is 4.74 Å². The molecule has 3 heterocycles. The predicted molar refractivity (Wildman–Crippen MR) is 133 cm³/mol. The summed E-state index contributed by atoms with van der Waals surface area (Å²) >= 11 is 0. The minimum Gasteiger partial charge on any atom is -0.383 e. The van der Waals surface area contributed by atoms with E-state index in [9.17, 15) is 9.59 Å². The topological polar surface area (TPSA) is 104 Å². The lowest BCUT2D eigenvalue weighted by atomic mass is 10.1. The number of nitrogens with one attached hydrogen (secondary N) is 3. The molecule has 0 unspecified atom stereocenters. The fourth-order valence-electron chi connectivity index (χ4n) is 4.55. The number of nitrogens with zero attached hydrogens (tertiary/aromatic N) is 3. The first-order valence-corrected chi connectivity index (χ1v) is 11.8. The van der Waals surface area contributed by atoms with Crippen molar-refractivity contribution < 1.29 is 9.53 Å². The van der Waals surface area contributed by atoms with Crippen LogP contribution in [0.3, 0.4) is 0 Å². The number of carbonyl (C=O) groups is 1. The Morgan fingerprint density at radius 3 is 3.00 bits per heavy atom. The van der Waals surface area contributed by atoms with Crippen LogP contribution in [0.4, 0.5) is 5.82 Å². The van der Waals surface area contributed by atoms with Crippen LogP contribution >= 0.6 is 0 Å². The number of rotatable bonds is 10. The monoisotopic (exact) mass is 466 g/mol. The SMILES string of the molecule is COCCN1CCC[C@@H]1CNc1ncc(C)n(CC(=O)NCc2ccc3[nH]cc(C)c3c2)c1=O. The Balaban J connectivity index is 1.36. The van der Waals surface area contributed by atoms with Gasteiger partial charge in [-0.2, -0.15) is 0 Å². The number of amides is 1. The second-order valence-corrected chi connectivity index (χ2v) is 8.97. The minimum absolute atomic E-state index is 0.0450. The summed E-state index contributed by atoms with van der Waals surface area (Å²) in [6.45, 7) is 7.46. The minimum atomic E-state index is -0.277. The van der Waals surface area contributed by atoms with E-state index in [2.05, 4.69) is 38.5 Å². The van der Waals surface area contributed by atoms with Gasteiger partial charge in [0.05, 0.1) is 6.61 Å². The number of likely N-dealkylation sites (tertiary alicyclic amines) is 1. The molecule has 2 aromatic heterocycles. The molecule has 34 heavy (non-hydrogen) atoms. The van der Waals surface area contributed by atoms with Gasteiger partial charge in [-0.25, -0.2) is 4.98 Å². The van der Waals surface area contributed by atoms with Crippen molar-refractivity contribution >= 4 is 22.6 Å². The molecular formula is C25H34N6O3. The number of anilines is 1. The summed E-state index contributed by atoms with van der Waals surface area (Å²) in [5.41, 5.74) is 3.63. The molecule has 0 radical (unpaired) electrons. The molecule has 1 atom stereocenters. The van der Waals surface area contributed by atoms with Crippen LogP contribution in [0.15, 0.2) is 35.4 Å². The maximum Gasteiger partial charge on any atom is 0.293 e. The number of methoxy groups -OCH3 is 1. The number of hydrogen-bond acceptors (Lipinski definition) is 6. The number of carbonyl (C=O) groups excluding carboxylic acids is 1. The van der Waals surface area contributed by atoms with Crippen molar-refractivity contribution in [2.24, 2.45) is 0 Å². The lowest BCUT2D eigenvalue weighted by molar-refractivity contribution is -0.121. The first kappa shape index (κ1) is 24.0. The maximum absolute atomic E-state index is 13.0. The lowest BCUT2D eigenvalue weighted by Crippen LogP contribution is -2.39. The Morgan fingerprint density at radius 2 is 2.18 bits per heavy atom. The number of aryl methyl sites for hydroxylation is 2. The summed E-state index contributed by atoms with van der Waals surface area (Å²) in [7, 11) is 1.71. The van der Waals surface area contributed by atoms with Crippen LogP contribution in [0.5, 0.6) is 0 Å². The third-order valence-electron chi connectivity index (χ3n) is 6.59. The van der Waals surface area contributed by atoms with Crippen LogP contribution in [0, 0.1) is 13.8 Å². The summed E-state index contributed by atoms with van der Waals surface area (Å²) in [6, 6.07) is 6.42. The summed E-state index contributed by atoms with van der Waals surface area (Å²) < 4.78 is 6.67. The molecule has 1 aliphatic rings. The fourth-order valence-corrected chi connectivity index (χ4v) is 4.55. The van der Waals surface area contributed by atoms with Crippen molar-refractivity contribution in [1.82, 2.24) is 24.8 Å². The number of ether oxygens (including phenoxy) is 1. The molecule has 3 N–H and O–H groups in total. The van der Waals surface area contributed by atoms with Crippen LogP contribution in [0.2, 0.25) is 0 Å². The highest BCUT2D eigenvalue weighted by Gasteiger charge is 2.24. The normalized spacial score (nSPS) is 16.3. The van der Waals surface area contributed by atoms with Crippen molar-refractivity contribution in [2.75, 3.05) is 38.7 Å². The van der Waals surface area contributed by atoms with E-state index in [1.54, 1.807) is 20.2 Å². The second-order valence-electron chi connectivity index (χ2n) is 8.97. The summed E-state index contributed by atoms with van der Waals surface area (Å²) in [5.74, 6) is 0.0696. The highest BCUT2D eigenvalue weighted by atomic mass is 16.5. The lowest BCUT2D eigenvalue weighted by Gasteiger charge is -2.24. The summed E-state index contributed by atoms with van der Waals surface area (Å²) in [5, 5.41) is 7.29. The van der Waals surface area contributed by atoms with Crippen molar-refractivity contribution in [2.45, 2.75) is 45.8 Å². The Bertz CT molecular complexity index is 1200. The highest BCUT2D eigenvalue weighted by Crippen LogP contribution is 2.19. The van der Waals surface area contributed by atoms with Gasteiger partial charge in [-0.05, 0) is 56.5 Å². The third kappa shape index (κ3) is 5.48. The number of H-pyrrole nitrogens is 1. The molecule has 9 nitrogen and oxygen atoms in total. The quantitative estimate of drug-likeness (QED) is 0.423. The fraction of sp³-hybridized carbons (Fsp3) is 0.480. The van der Waals surface area contributed by atoms with Gasteiger partial charge in [0.2, 0.25) is 5.91 Å². The molecule has 0 bridgehead atoms. The van der Waals surface area contributed by atoms with Gasteiger partial charge in [-0.1, -0.05) is 6.07 Å². The van der Waals surface area contributed by atoms with E-state index in [1.165, 1.54) is 10.1 Å². The van der Waals surface area contributed by atoms with Crippen molar-refractivity contribution in [1.29, 1.82) is 0 Å². The number of hydrogen-bond donors (Lipinski definition) is 3. The van der Waals surface area contributed by atoms with Crippen molar-refractivity contribution in [3.8, 4) is 0 Å². The maximum atomic E-state index is 13.0. The smallest absolute Gasteiger partial charge is 0.293 e. The van der Waals surface area contributed by atoms with E-state index < -0.39 is 0 Å². The van der Waals surface area contributed by atoms with Crippen LogP contribution in [0.1, 0.15) is 29.7 Å². The molecule has 182 valence electrons. The zero-order valence-corrected chi connectivity index (χ0v) is 20.2. The Kier molecular flexibility index (Phi) is 7.64. The molecule has 1 aromatic carbocycles. The molecule has 0 spiro atoms. The zero-order chi connectivity index (χ0) is 24.1. The standard InChI is InChI=1S/C25H34N6O3/c1-17-12-26-22-7-6-19(11-21(17)22)14-27-23(32)16-31-18(2)13-28-24(25(31)33)29-15-20-5-4-8-30(20)9-10-34-3/h6-7,11-13,20,26H,4-5,8-10,14-16H2,1-3H3,(H,27,32)(H,28,29)/t20-/m1/s1. The molecular weight excluding hydrogens is 432 g/mol. The van der Waals surface area contributed by atoms with Crippen LogP contribution in [0.25, 0.3) is 10.9 Å². The van der Waals surface area contributed by atoms with E-state index >= 15 is 0 Å². The molecule has 0 saturated carbocycles. The van der Waals surface area contributed by atoms with Gasteiger partial charge < -0.3 is 20.4 Å². The zero-order valence-electron chi connectivity index (χ0n) is 20.2. The van der Waals surface area contributed by atoms with Gasteiger partial charge in [0.15, 0.2) is 5.82 Å². The molecule has 1 saturated heterocycles. The number of benzene rings is 1. The van der Waals surface area contributed by atoms with Gasteiger partial charge in [0.1, 0.15) is 6.54 Å². The Labute approximate surface area is 199 Å². The van der Waals surface area contributed by atoms with Gasteiger partial charge >= 0.3 is 0 Å². The third-order valence-corrected chi connectivity index (χ3v) is 6.59. The molecule has 1 fully saturated rings. The average molecular weight is 467 g/mol. The van der Waals surface area contributed by atoms with E-state index in [-0.39, 0.29) is 23.8 Å². The van der Waals surface area contributed by atoms with Gasteiger partial charge in [0, 0.05) is 61.8 Å². The van der Waals surface area contributed by atoms with E-state index in [0.717, 1.165) is 42.4 Å². The molecule has 9 heteroatoms. The van der Waals surface area contributed by atoms with Crippen LogP contribution in [-0.2, 0) is 22.6 Å². The number of aromatic amines is 1. The van der Waals surface area contributed by atoms with Gasteiger partial charge in [-0.15, -0.1) is 0 Å². The van der Waals surface area contributed by atoms with Gasteiger partial charge in [0.25, 0.3) is 5.56 Å². The summed E-state index contributed by atoms with van der Waals surface area (Å²) in [4.78, 5) is 35.6. The van der Waals surface area contributed by atoms with Crippen LogP contribution < -0.4 is 16.2 Å². The number of fused-ring (bicyclic) bond motifs is 1. The molecule has 0 aliphatic carbocycles. The Hall–Kier alpha value is -3.17. The second kappa shape index (κ2) is 10.8. The Morgan fingerprint density at radius 1 is 1.32 bits per heavy atom.